The van der Waals surface area contributed by atoms with Gasteiger partial charge in [-0.1, -0.05) is 6.42 Å². The number of rotatable bonds is 2. The number of aliphatic carboxylic acids is 1. The van der Waals surface area contributed by atoms with E-state index in [9.17, 15) is 9.59 Å². The average molecular weight is 255 g/mol. The van der Waals surface area contributed by atoms with Gasteiger partial charge >= 0.3 is 5.97 Å². The molecule has 3 atom stereocenters. The molecule has 0 aromatic heterocycles. The molecule has 1 heterocycles. The van der Waals surface area contributed by atoms with Gasteiger partial charge in [-0.15, -0.1) is 0 Å². The van der Waals surface area contributed by atoms with E-state index in [-0.39, 0.29) is 17.9 Å². The Hall–Kier alpha value is -1.10. The van der Waals surface area contributed by atoms with Crippen LogP contribution < -0.4 is 0 Å². The fourth-order valence-corrected chi connectivity index (χ4v) is 2.98. The summed E-state index contributed by atoms with van der Waals surface area (Å²) in [4.78, 5) is 25.4. The molecule has 2 rings (SSSR count). The number of carbonyl (C=O) groups is 2. The second-order valence-corrected chi connectivity index (χ2v) is 5.30. The summed E-state index contributed by atoms with van der Waals surface area (Å²) in [6, 6.07) is 0. The van der Waals surface area contributed by atoms with Crippen molar-refractivity contribution in [1.82, 2.24) is 4.90 Å². The number of ether oxygens (including phenoxy) is 1. The highest BCUT2D eigenvalue weighted by Gasteiger charge is 2.40. The summed E-state index contributed by atoms with van der Waals surface area (Å²) in [6.07, 6.45) is 3.06. The number of carboxylic acids is 1. The number of nitrogens with zero attached hydrogens (tertiary/aromatic N) is 1. The van der Waals surface area contributed by atoms with Crippen LogP contribution in [-0.2, 0) is 14.3 Å². The predicted molar refractivity (Wildman–Crippen MR) is 65.1 cm³/mol. The molecule has 18 heavy (non-hydrogen) atoms. The Balaban J connectivity index is 2.03. The first-order valence-electron chi connectivity index (χ1n) is 6.73. The van der Waals surface area contributed by atoms with Crippen molar-refractivity contribution < 1.29 is 19.4 Å². The third-order valence-electron chi connectivity index (χ3n) is 3.91. The molecule has 0 aromatic rings. The maximum absolute atomic E-state index is 12.4. The molecule has 0 radical (unpaired) electrons. The smallest absolute Gasteiger partial charge is 0.307 e. The van der Waals surface area contributed by atoms with Gasteiger partial charge in [0.2, 0.25) is 5.91 Å². The summed E-state index contributed by atoms with van der Waals surface area (Å²) in [6.45, 7) is 3.90. The van der Waals surface area contributed by atoms with Crippen molar-refractivity contribution in [2.75, 3.05) is 19.7 Å². The summed E-state index contributed by atoms with van der Waals surface area (Å²) in [5.41, 5.74) is 0. The normalized spacial score (nSPS) is 33.2. The summed E-state index contributed by atoms with van der Waals surface area (Å²) < 4.78 is 5.51. The van der Waals surface area contributed by atoms with Crippen molar-refractivity contribution in [1.29, 1.82) is 0 Å². The summed E-state index contributed by atoms with van der Waals surface area (Å²) in [5, 5.41) is 9.14. The van der Waals surface area contributed by atoms with E-state index in [1.54, 1.807) is 4.90 Å². The van der Waals surface area contributed by atoms with Crippen molar-refractivity contribution in [2.24, 2.45) is 11.8 Å². The van der Waals surface area contributed by atoms with Gasteiger partial charge in [0, 0.05) is 19.7 Å². The van der Waals surface area contributed by atoms with Gasteiger partial charge in [-0.25, -0.2) is 0 Å². The third-order valence-corrected chi connectivity index (χ3v) is 3.91. The molecule has 1 unspecified atom stereocenters. The molecule has 0 bridgehead atoms. The lowest BCUT2D eigenvalue weighted by molar-refractivity contribution is -0.149. The summed E-state index contributed by atoms with van der Waals surface area (Å²) >= 11 is 0. The minimum Gasteiger partial charge on any atom is -0.481 e. The van der Waals surface area contributed by atoms with E-state index in [0.29, 0.717) is 32.5 Å². The van der Waals surface area contributed by atoms with Gasteiger partial charge in [-0.3, -0.25) is 9.59 Å². The van der Waals surface area contributed by atoms with Crippen LogP contribution in [0, 0.1) is 11.8 Å². The number of hydrogen-bond donors (Lipinski definition) is 1. The van der Waals surface area contributed by atoms with Crippen molar-refractivity contribution in [3.63, 3.8) is 0 Å². The van der Waals surface area contributed by atoms with E-state index in [0.717, 1.165) is 12.8 Å². The van der Waals surface area contributed by atoms with Gasteiger partial charge in [-0.05, 0) is 26.2 Å². The van der Waals surface area contributed by atoms with Crippen molar-refractivity contribution in [2.45, 2.75) is 38.7 Å². The number of amides is 1. The molecule has 0 aromatic carbocycles. The fraction of sp³-hybridized carbons (Fsp3) is 0.846. The SMILES string of the molecule is CC1CN(C(=O)[C@@H]2CCC[C@@H]2C(=O)O)CCCO1. The van der Waals surface area contributed by atoms with Gasteiger partial charge in [0.05, 0.1) is 17.9 Å². The third kappa shape index (κ3) is 2.83. The molecule has 1 amide bonds. The van der Waals surface area contributed by atoms with E-state index >= 15 is 0 Å². The second-order valence-electron chi connectivity index (χ2n) is 5.30. The van der Waals surface area contributed by atoms with Crippen LogP contribution >= 0.6 is 0 Å². The number of hydrogen-bond acceptors (Lipinski definition) is 3. The van der Waals surface area contributed by atoms with Gasteiger partial charge in [-0.2, -0.15) is 0 Å². The Bertz CT molecular complexity index is 331. The Morgan fingerprint density at radius 3 is 2.67 bits per heavy atom. The van der Waals surface area contributed by atoms with E-state index in [1.165, 1.54) is 0 Å². The fourth-order valence-electron chi connectivity index (χ4n) is 2.98. The minimum atomic E-state index is -0.829. The van der Waals surface area contributed by atoms with Crippen molar-refractivity contribution >= 4 is 11.9 Å². The molecular weight excluding hydrogens is 234 g/mol. The number of carbonyl (C=O) groups excluding carboxylic acids is 1. The van der Waals surface area contributed by atoms with Crippen LogP contribution in [0.3, 0.4) is 0 Å². The molecule has 1 N–H and O–H groups in total. The molecule has 102 valence electrons. The monoisotopic (exact) mass is 255 g/mol. The summed E-state index contributed by atoms with van der Waals surface area (Å²) in [5.74, 6) is -1.63. The highest BCUT2D eigenvalue weighted by atomic mass is 16.5. The maximum Gasteiger partial charge on any atom is 0.307 e. The average Bonchev–Trinajstić information content (AvgIpc) is 2.72. The first-order valence-corrected chi connectivity index (χ1v) is 6.73. The van der Waals surface area contributed by atoms with Crippen molar-refractivity contribution in [3.05, 3.63) is 0 Å². The Labute approximate surface area is 107 Å². The van der Waals surface area contributed by atoms with Crippen LogP contribution in [0.1, 0.15) is 32.6 Å². The Morgan fingerprint density at radius 1 is 1.22 bits per heavy atom. The molecule has 5 heteroatoms. The maximum atomic E-state index is 12.4. The summed E-state index contributed by atoms with van der Waals surface area (Å²) in [7, 11) is 0. The molecule has 1 saturated carbocycles. The zero-order valence-corrected chi connectivity index (χ0v) is 10.8. The van der Waals surface area contributed by atoms with Crippen LogP contribution in [-0.4, -0.2) is 47.7 Å². The molecule has 1 saturated heterocycles. The van der Waals surface area contributed by atoms with Gasteiger partial charge in [0.25, 0.3) is 0 Å². The molecule has 0 spiro atoms. The quantitative estimate of drug-likeness (QED) is 0.803. The minimum absolute atomic E-state index is 0.0113. The number of carboxylic acid groups (broad SMARTS) is 1. The Kier molecular flexibility index (Phi) is 4.22. The highest BCUT2D eigenvalue weighted by molar-refractivity contribution is 5.85. The zero-order valence-electron chi connectivity index (χ0n) is 10.8. The topological polar surface area (TPSA) is 66.8 Å². The van der Waals surface area contributed by atoms with Crippen LogP contribution in [0.15, 0.2) is 0 Å². The molecular formula is C13H21NO4. The lowest BCUT2D eigenvalue weighted by atomic mass is 9.94. The standard InChI is InChI=1S/C13H21NO4/c1-9-8-14(6-3-7-18-9)12(15)10-4-2-5-11(10)13(16)17/h9-11H,2-8H2,1H3,(H,16,17)/t9?,10-,11+/m1/s1. The van der Waals surface area contributed by atoms with Crippen LogP contribution in [0.5, 0.6) is 0 Å². The molecule has 2 fully saturated rings. The first kappa shape index (κ1) is 13.3. The molecule has 1 aliphatic carbocycles. The van der Waals surface area contributed by atoms with Crippen LogP contribution in [0.4, 0.5) is 0 Å². The predicted octanol–water partition coefficient (Wildman–Crippen LogP) is 1.12. The van der Waals surface area contributed by atoms with E-state index in [2.05, 4.69) is 0 Å². The van der Waals surface area contributed by atoms with Crippen molar-refractivity contribution in [3.8, 4) is 0 Å². The van der Waals surface area contributed by atoms with Crippen LogP contribution in [0.2, 0.25) is 0 Å². The van der Waals surface area contributed by atoms with Gasteiger partial charge in [0.1, 0.15) is 0 Å². The highest BCUT2D eigenvalue weighted by Crippen LogP contribution is 2.33. The lowest BCUT2D eigenvalue weighted by Crippen LogP contribution is -2.42. The van der Waals surface area contributed by atoms with E-state index in [4.69, 9.17) is 9.84 Å². The van der Waals surface area contributed by atoms with E-state index in [1.807, 2.05) is 6.92 Å². The largest absolute Gasteiger partial charge is 0.481 e. The van der Waals surface area contributed by atoms with Gasteiger partial charge < -0.3 is 14.7 Å². The Morgan fingerprint density at radius 2 is 1.94 bits per heavy atom. The molecule has 2 aliphatic rings. The first-order chi connectivity index (χ1) is 8.59. The van der Waals surface area contributed by atoms with Crippen LogP contribution in [0.25, 0.3) is 0 Å². The second kappa shape index (κ2) is 5.69. The molecule has 1 aliphatic heterocycles. The van der Waals surface area contributed by atoms with E-state index < -0.39 is 11.9 Å². The zero-order chi connectivity index (χ0) is 13.1. The lowest BCUT2D eigenvalue weighted by Gasteiger charge is -2.26. The molecule has 5 nitrogen and oxygen atoms in total. The van der Waals surface area contributed by atoms with Gasteiger partial charge in [0.15, 0.2) is 0 Å².